The second-order valence-corrected chi connectivity index (χ2v) is 16.9. The smallest absolute Gasteiger partial charge is 0.306 e. The fourth-order valence-corrected chi connectivity index (χ4v) is 7.85. The van der Waals surface area contributed by atoms with Gasteiger partial charge in [0.25, 0.3) is 0 Å². The summed E-state index contributed by atoms with van der Waals surface area (Å²) in [5, 5.41) is 0.0179. The third-order valence-electron chi connectivity index (χ3n) is 9.46. The van der Waals surface area contributed by atoms with E-state index in [1.54, 1.807) is 13.2 Å². The Morgan fingerprint density at radius 2 is 1.89 bits per heavy atom. The summed E-state index contributed by atoms with van der Waals surface area (Å²) in [6.45, 7) is 17.5. The van der Waals surface area contributed by atoms with Crippen molar-refractivity contribution >= 4 is 20.1 Å². The molecule has 3 aliphatic carbocycles. The van der Waals surface area contributed by atoms with E-state index in [-0.39, 0.29) is 40.6 Å². The molecule has 0 aromatic carbocycles. The van der Waals surface area contributed by atoms with Gasteiger partial charge in [-0.1, -0.05) is 27.7 Å². The van der Waals surface area contributed by atoms with Crippen LogP contribution in [-0.4, -0.2) is 45.5 Å². The van der Waals surface area contributed by atoms with Crippen LogP contribution in [0.3, 0.4) is 0 Å². The molecule has 6 atom stereocenters. The lowest BCUT2D eigenvalue weighted by atomic mass is 9.47. The van der Waals surface area contributed by atoms with E-state index in [1.165, 1.54) is 5.57 Å². The molecule has 0 spiro atoms. The summed E-state index contributed by atoms with van der Waals surface area (Å²) in [5.74, 6) is 3.57. The third kappa shape index (κ3) is 3.71. The fraction of sp³-hybridized carbons (Fsp3) is 0.714. The molecule has 192 valence electrons. The SMILES string of the molecule is CCOC#C[C@]1(OC)C(C)=CC(=O)[C@H]2CC(O[Si](C)(C)C(C)(C)C)=C3C[C@@H]4OC(=O)C[C@@H]4[C@H]3[C@]21C. The summed E-state index contributed by atoms with van der Waals surface area (Å²) in [7, 11) is -0.503. The average molecular weight is 501 g/mol. The molecular formula is C28H40O6Si. The van der Waals surface area contributed by atoms with Gasteiger partial charge in [-0.15, -0.1) is 0 Å². The normalized spacial score (nSPS) is 36.4. The summed E-state index contributed by atoms with van der Waals surface area (Å²) in [6, 6.07) is 0. The third-order valence-corrected chi connectivity index (χ3v) is 13.8. The van der Waals surface area contributed by atoms with Crippen LogP contribution < -0.4 is 0 Å². The fourth-order valence-electron chi connectivity index (χ4n) is 6.71. The monoisotopic (exact) mass is 500 g/mol. The molecule has 0 aromatic heterocycles. The van der Waals surface area contributed by atoms with Crippen LogP contribution in [0.4, 0.5) is 0 Å². The van der Waals surface area contributed by atoms with Gasteiger partial charge in [0, 0.05) is 43.1 Å². The van der Waals surface area contributed by atoms with Crippen molar-refractivity contribution in [2.24, 2.45) is 23.2 Å². The van der Waals surface area contributed by atoms with Crippen molar-refractivity contribution in [3.63, 3.8) is 0 Å². The molecule has 0 bridgehead atoms. The van der Waals surface area contributed by atoms with Crippen LogP contribution in [0.2, 0.25) is 18.1 Å². The van der Waals surface area contributed by atoms with Gasteiger partial charge in [0.2, 0.25) is 8.32 Å². The standard InChI is InChI=1S/C28H40O6Si/c1-10-32-12-11-28(31-7)17(2)13-21(29)20-16-23(34-35(8,9)26(3,4)5)18-14-22-19(15-24(30)33-22)25(18)27(20,28)6/h13,19-20,22,25H,10,14-16H2,1-9H3/t19-,20+,22-,25-,27-,28-/m0/s1. The Kier molecular flexibility index (Phi) is 6.34. The molecule has 35 heavy (non-hydrogen) atoms. The highest BCUT2D eigenvalue weighted by atomic mass is 28.4. The zero-order chi connectivity index (χ0) is 26.0. The van der Waals surface area contributed by atoms with Crippen molar-refractivity contribution in [1.29, 1.82) is 0 Å². The highest BCUT2D eigenvalue weighted by molar-refractivity contribution is 6.74. The lowest BCUT2D eigenvalue weighted by Crippen LogP contribution is -2.63. The minimum atomic E-state index is -2.16. The first-order valence-corrected chi connectivity index (χ1v) is 15.7. The number of rotatable bonds is 4. The number of allylic oxidation sites excluding steroid dienone is 2. The molecule has 2 fully saturated rings. The molecule has 6 nitrogen and oxygen atoms in total. The van der Waals surface area contributed by atoms with Crippen LogP contribution in [-0.2, 0) is 28.2 Å². The summed E-state index contributed by atoms with van der Waals surface area (Å²) in [4.78, 5) is 26.0. The Morgan fingerprint density at radius 1 is 1.20 bits per heavy atom. The number of fused-ring (bicyclic) bond motifs is 5. The number of methoxy groups -OCH3 is 1. The molecule has 7 heteroatoms. The maximum absolute atomic E-state index is 13.7. The van der Waals surface area contributed by atoms with Crippen LogP contribution in [0, 0.1) is 35.2 Å². The van der Waals surface area contributed by atoms with Crippen molar-refractivity contribution in [3.8, 4) is 12.0 Å². The lowest BCUT2D eigenvalue weighted by molar-refractivity contribution is -0.147. The minimum Gasteiger partial charge on any atom is -0.547 e. The Labute approximate surface area is 210 Å². The molecule has 4 rings (SSSR count). The van der Waals surface area contributed by atoms with Crippen LogP contribution >= 0.6 is 0 Å². The van der Waals surface area contributed by atoms with Crippen molar-refractivity contribution in [3.05, 3.63) is 23.0 Å². The van der Waals surface area contributed by atoms with Gasteiger partial charge in [-0.3, -0.25) is 9.59 Å². The number of ketones is 1. The maximum atomic E-state index is 13.7. The zero-order valence-electron chi connectivity index (χ0n) is 22.7. The van der Waals surface area contributed by atoms with Crippen molar-refractivity contribution < 1.29 is 28.2 Å². The van der Waals surface area contributed by atoms with E-state index >= 15 is 0 Å². The quantitative estimate of drug-likeness (QED) is 0.302. The Hall–Kier alpha value is -2.04. The van der Waals surface area contributed by atoms with Gasteiger partial charge >= 0.3 is 5.97 Å². The van der Waals surface area contributed by atoms with Gasteiger partial charge in [-0.25, -0.2) is 0 Å². The molecule has 0 N–H and O–H groups in total. The highest BCUT2D eigenvalue weighted by Crippen LogP contribution is 2.66. The maximum Gasteiger partial charge on any atom is 0.306 e. The number of ether oxygens (including phenoxy) is 3. The zero-order valence-corrected chi connectivity index (χ0v) is 23.7. The lowest BCUT2D eigenvalue weighted by Gasteiger charge is -2.58. The number of carbonyl (C=O) groups excluding carboxylic acids is 2. The van der Waals surface area contributed by atoms with Gasteiger partial charge in [-0.2, -0.15) is 0 Å². The van der Waals surface area contributed by atoms with E-state index in [2.05, 4.69) is 52.8 Å². The number of esters is 1. The molecule has 0 radical (unpaired) electrons. The Bertz CT molecular complexity index is 1050. The predicted molar refractivity (Wildman–Crippen MR) is 136 cm³/mol. The number of carbonyl (C=O) groups is 2. The first-order chi connectivity index (χ1) is 16.2. The first kappa shape index (κ1) is 26.0. The molecule has 1 saturated carbocycles. The molecule has 4 aliphatic rings. The topological polar surface area (TPSA) is 71.1 Å². The summed E-state index contributed by atoms with van der Waals surface area (Å²) in [6.07, 6.45) is 5.82. The molecule has 1 aliphatic heterocycles. The van der Waals surface area contributed by atoms with E-state index in [9.17, 15) is 9.59 Å². The molecule has 0 amide bonds. The predicted octanol–water partition coefficient (Wildman–Crippen LogP) is 5.15. The molecular weight excluding hydrogens is 460 g/mol. The van der Waals surface area contributed by atoms with Crippen molar-refractivity contribution in [2.75, 3.05) is 13.7 Å². The molecule has 1 heterocycles. The van der Waals surface area contributed by atoms with Gasteiger partial charge in [0.15, 0.2) is 11.4 Å². The number of hydrogen-bond donors (Lipinski definition) is 0. The summed E-state index contributed by atoms with van der Waals surface area (Å²) >= 11 is 0. The van der Waals surface area contributed by atoms with Gasteiger partial charge in [0.05, 0.1) is 18.8 Å². The van der Waals surface area contributed by atoms with Crippen LogP contribution in [0.5, 0.6) is 0 Å². The highest BCUT2D eigenvalue weighted by Gasteiger charge is 2.69. The average Bonchev–Trinajstić information content (AvgIpc) is 3.27. The summed E-state index contributed by atoms with van der Waals surface area (Å²) < 4.78 is 24.4. The van der Waals surface area contributed by atoms with Crippen LogP contribution in [0.25, 0.3) is 0 Å². The second kappa shape index (κ2) is 8.52. The molecule has 0 aromatic rings. The Morgan fingerprint density at radius 3 is 2.49 bits per heavy atom. The van der Waals surface area contributed by atoms with E-state index in [4.69, 9.17) is 18.6 Å². The van der Waals surface area contributed by atoms with Crippen molar-refractivity contribution in [1.82, 2.24) is 0 Å². The van der Waals surface area contributed by atoms with Gasteiger partial charge in [-0.05, 0) is 55.1 Å². The van der Waals surface area contributed by atoms with E-state index in [1.807, 2.05) is 13.8 Å². The van der Waals surface area contributed by atoms with E-state index in [0.29, 0.717) is 25.9 Å². The largest absolute Gasteiger partial charge is 0.547 e. The first-order valence-electron chi connectivity index (χ1n) is 12.8. The number of hydrogen-bond acceptors (Lipinski definition) is 6. The second-order valence-electron chi connectivity index (χ2n) is 12.2. The van der Waals surface area contributed by atoms with E-state index in [0.717, 1.165) is 11.3 Å². The Balaban J connectivity index is 1.94. The van der Waals surface area contributed by atoms with E-state index < -0.39 is 19.3 Å². The van der Waals surface area contributed by atoms with Crippen molar-refractivity contribution in [2.45, 2.75) is 90.6 Å². The summed E-state index contributed by atoms with van der Waals surface area (Å²) in [5.41, 5.74) is 0.223. The molecule has 1 saturated heterocycles. The van der Waals surface area contributed by atoms with Gasteiger partial charge < -0.3 is 18.6 Å². The van der Waals surface area contributed by atoms with Crippen LogP contribution in [0.15, 0.2) is 23.0 Å². The van der Waals surface area contributed by atoms with Gasteiger partial charge in [0.1, 0.15) is 12.2 Å². The minimum absolute atomic E-state index is 0.0179. The van der Waals surface area contributed by atoms with Crippen LogP contribution in [0.1, 0.15) is 60.8 Å². The molecule has 0 unspecified atom stereocenters.